The van der Waals surface area contributed by atoms with Gasteiger partial charge in [0.1, 0.15) is 0 Å². The molecular formula is C17H26OS. The van der Waals surface area contributed by atoms with E-state index < -0.39 is 10.0 Å². The summed E-state index contributed by atoms with van der Waals surface area (Å²) >= 11 is 0. The van der Waals surface area contributed by atoms with Crippen molar-refractivity contribution in [3.05, 3.63) is 53.5 Å². The molecule has 0 amide bonds. The fourth-order valence-corrected chi connectivity index (χ4v) is 4.95. The third-order valence-corrected chi connectivity index (χ3v) is 6.90. The lowest BCUT2D eigenvalue weighted by Crippen LogP contribution is -2.10. The molecule has 1 aliphatic carbocycles. The summed E-state index contributed by atoms with van der Waals surface area (Å²) < 4.78 is 0. The van der Waals surface area contributed by atoms with Crippen LogP contribution < -0.4 is 0 Å². The molecule has 1 atom stereocenters. The number of allylic oxidation sites excluding steroid dienone is 3. The van der Waals surface area contributed by atoms with E-state index in [1.807, 2.05) is 19.9 Å². The zero-order chi connectivity index (χ0) is 14.1. The van der Waals surface area contributed by atoms with Gasteiger partial charge >= 0.3 is 0 Å². The van der Waals surface area contributed by atoms with Crippen LogP contribution in [0.3, 0.4) is 0 Å². The molecule has 19 heavy (non-hydrogen) atoms. The van der Waals surface area contributed by atoms with E-state index in [1.54, 1.807) is 0 Å². The molecule has 0 fully saturated rings. The predicted molar refractivity (Wildman–Crippen MR) is 88.0 cm³/mol. The zero-order valence-corrected chi connectivity index (χ0v) is 13.1. The van der Waals surface area contributed by atoms with Crippen molar-refractivity contribution in [3.63, 3.8) is 0 Å². The number of hydrogen-bond acceptors (Lipinski definition) is 1. The van der Waals surface area contributed by atoms with Crippen molar-refractivity contribution in [2.45, 2.75) is 31.6 Å². The molecule has 1 unspecified atom stereocenters. The molecule has 2 rings (SSSR count). The lowest BCUT2D eigenvalue weighted by molar-refractivity contribution is 0.322. The molecule has 0 aromatic heterocycles. The van der Waals surface area contributed by atoms with Crippen molar-refractivity contribution >= 4 is 10.0 Å². The first-order valence-electron chi connectivity index (χ1n) is 7.06. The van der Waals surface area contributed by atoms with Crippen LogP contribution in [0.2, 0.25) is 0 Å². The van der Waals surface area contributed by atoms with Gasteiger partial charge < -0.3 is 5.11 Å². The Balaban J connectivity index is 0.000000861. The SMILES string of the molecule is CC.CS(CCO)(C1=CCCC=C1)c1ccccc1. The number of aliphatic hydroxyl groups is 1. The fraction of sp³-hybridized carbons (Fsp3) is 0.412. The van der Waals surface area contributed by atoms with E-state index in [4.69, 9.17) is 0 Å². The molecule has 1 aromatic rings. The Hall–Kier alpha value is -0.990. The van der Waals surface area contributed by atoms with Gasteiger partial charge in [0.05, 0.1) is 6.61 Å². The van der Waals surface area contributed by atoms with Crippen LogP contribution in [-0.4, -0.2) is 23.7 Å². The summed E-state index contributed by atoms with van der Waals surface area (Å²) in [6.07, 6.45) is 11.4. The highest BCUT2D eigenvalue weighted by Crippen LogP contribution is 2.59. The Labute approximate surface area is 119 Å². The fourth-order valence-electron chi connectivity index (χ4n) is 2.20. The molecule has 0 heterocycles. The molecule has 1 aromatic carbocycles. The second-order valence-corrected chi connectivity index (χ2v) is 7.94. The summed E-state index contributed by atoms with van der Waals surface area (Å²) in [7, 11) is -1.05. The van der Waals surface area contributed by atoms with E-state index in [0.29, 0.717) is 0 Å². The highest BCUT2D eigenvalue weighted by atomic mass is 32.3. The van der Waals surface area contributed by atoms with Crippen LogP contribution in [0.25, 0.3) is 0 Å². The number of benzene rings is 1. The molecule has 0 bridgehead atoms. The number of hydrogen-bond donors (Lipinski definition) is 1. The van der Waals surface area contributed by atoms with Crippen molar-refractivity contribution in [1.29, 1.82) is 0 Å². The Bertz CT molecular complexity index is 422. The van der Waals surface area contributed by atoms with Gasteiger partial charge in [-0.05, 0) is 41.0 Å². The molecule has 0 saturated carbocycles. The summed E-state index contributed by atoms with van der Waals surface area (Å²) in [5.74, 6) is 0.854. The van der Waals surface area contributed by atoms with Crippen LogP contribution in [0.1, 0.15) is 26.7 Å². The van der Waals surface area contributed by atoms with Crippen LogP contribution in [-0.2, 0) is 0 Å². The van der Waals surface area contributed by atoms with E-state index in [0.717, 1.165) is 18.6 Å². The molecule has 1 aliphatic rings. The molecule has 2 heteroatoms. The van der Waals surface area contributed by atoms with Crippen LogP contribution in [0.5, 0.6) is 0 Å². The van der Waals surface area contributed by atoms with Gasteiger partial charge in [-0.3, -0.25) is 0 Å². The highest BCUT2D eigenvalue weighted by Gasteiger charge is 2.23. The lowest BCUT2D eigenvalue weighted by Gasteiger charge is -2.38. The Kier molecular flexibility index (Phi) is 6.96. The first-order valence-corrected chi connectivity index (χ1v) is 9.27. The third kappa shape index (κ3) is 3.99. The minimum absolute atomic E-state index is 0.256. The zero-order valence-electron chi connectivity index (χ0n) is 12.3. The van der Waals surface area contributed by atoms with Gasteiger partial charge in [-0.2, -0.15) is 10.0 Å². The predicted octanol–water partition coefficient (Wildman–Crippen LogP) is 4.73. The first kappa shape index (κ1) is 16.1. The van der Waals surface area contributed by atoms with E-state index in [-0.39, 0.29) is 6.61 Å². The monoisotopic (exact) mass is 278 g/mol. The molecule has 0 spiro atoms. The number of rotatable bonds is 4. The minimum atomic E-state index is -1.05. The maximum atomic E-state index is 9.36. The van der Waals surface area contributed by atoms with Crippen LogP contribution >= 0.6 is 10.0 Å². The average molecular weight is 278 g/mol. The largest absolute Gasteiger partial charge is 0.396 e. The van der Waals surface area contributed by atoms with Crippen LogP contribution in [0.15, 0.2) is 58.4 Å². The topological polar surface area (TPSA) is 20.2 Å². The van der Waals surface area contributed by atoms with Crippen molar-refractivity contribution in [2.24, 2.45) is 0 Å². The van der Waals surface area contributed by atoms with Crippen molar-refractivity contribution in [3.8, 4) is 0 Å². The van der Waals surface area contributed by atoms with Gasteiger partial charge in [-0.25, -0.2) is 0 Å². The maximum absolute atomic E-state index is 9.36. The van der Waals surface area contributed by atoms with Gasteiger partial charge in [0, 0.05) is 5.75 Å². The maximum Gasteiger partial charge on any atom is 0.0513 e. The van der Waals surface area contributed by atoms with Gasteiger partial charge in [-0.1, -0.05) is 50.3 Å². The molecule has 0 saturated heterocycles. The van der Waals surface area contributed by atoms with Crippen molar-refractivity contribution in [2.75, 3.05) is 18.6 Å². The standard InChI is InChI=1S/C15H20OS.C2H6/c1-17(13-12-16,14-8-4-2-5-9-14)15-10-6-3-7-11-15;1-2/h2,4-6,8-11,16H,3,7,12-13H2,1H3;1-2H3. The minimum Gasteiger partial charge on any atom is -0.396 e. The quantitative estimate of drug-likeness (QED) is 0.844. The second kappa shape index (κ2) is 8.23. The highest BCUT2D eigenvalue weighted by molar-refractivity contribution is 8.36. The Morgan fingerprint density at radius 2 is 1.79 bits per heavy atom. The molecule has 0 aliphatic heterocycles. The van der Waals surface area contributed by atoms with E-state index in [2.05, 4.69) is 48.7 Å². The summed E-state index contributed by atoms with van der Waals surface area (Å²) in [5.41, 5.74) is 0. The third-order valence-electron chi connectivity index (χ3n) is 3.24. The summed E-state index contributed by atoms with van der Waals surface area (Å²) in [5, 5.41) is 9.36. The molecule has 0 radical (unpaired) electrons. The van der Waals surface area contributed by atoms with Crippen molar-refractivity contribution in [1.82, 2.24) is 0 Å². The smallest absolute Gasteiger partial charge is 0.0513 e. The van der Waals surface area contributed by atoms with Gasteiger partial charge in [0.25, 0.3) is 0 Å². The average Bonchev–Trinajstić information content (AvgIpc) is 2.51. The Morgan fingerprint density at radius 1 is 1.11 bits per heavy atom. The van der Waals surface area contributed by atoms with Crippen molar-refractivity contribution < 1.29 is 5.11 Å². The van der Waals surface area contributed by atoms with E-state index >= 15 is 0 Å². The van der Waals surface area contributed by atoms with E-state index in [1.165, 1.54) is 9.80 Å². The number of aliphatic hydroxyl groups excluding tert-OH is 1. The molecular weight excluding hydrogens is 252 g/mol. The van der Waals surface area contributed by atoms with Gasteiger partial charge in [0.2, 0.25) is 0 Å². The first-order chi connectivity index (χ1) is 9.27. The molecule has 1 N–H and O–H groups in total. The Morgan fingerprint density at radius 3 is 2.32 bits per heavy atom. The van der Waals surface area contributed by atoms with Crippen LogP contribution in [0, 0.1) is 0 Å². The van der Waals surface area contributed by atoms with Crippen LogP contribution in [0.4, 0.5) is 0 Å². The molecule has 1 nitrogen and oxygen atoms in total. The normalized spacial score (nSPS) is 18.6. The van der Waals surface area contributed by atoms with Gasteiger partial charge in [0.15, 0.2) is 0 Å². The van der Waals surface area contributed by atoms with Gasteiger partial charge in [-0.15, -0.1) is 0 Å². The van der Waals surface area contributed by atoms with E-state index in [9.17, 15) is 5.11 Å². The molecule has 106 valence electrons. The summed E-state index contributed by atoms with van der Waals surface area (Å²) in [4.78, 5) is 2.79. The summed E-state index contributed by atoms with van der Waals surface area (Å²) in [6.45, 7) is 4.26. The summed E-state index contributed by atoms with van der Waals surface area (Å²) in [6, 6.07) is 10.6. The lowest BCUT2D eigenvalue weighted by atomic mass is 10.2. The second-order valence-electron chi connectivity index (χ2n) is 4.41.